The average molecular weight is 431 g/mol. The Labute approximate surface area is 189 Å². The standard InChI is InChI=1S/C14H16N2O.C13H18N2/c1-7-6-8(2)12-11(9(7)3)10-4-5-15-14(17)13(10)16-12;1-8-6-9(2)13-12(10(8)3)11(4-5-14)7-15-13/h6,16H,4-5H2,1-3H3,(H,15,17);6-7,15H,4-5,14H2,1-3H3. The number of aromatic nitrogens is 2. The number of rotatable bonds is 2. The van der Waals surface area contributed by atoms with Crippen LogP contribution in [-0.4, -0.2) is 29.0 Å². The topological polar surface area (TPSA) is 86.7 Å². The summed E-state index contributed by atoms with van der Waals surface area (Å²) in [6.07, 6.45) is 3.96. The lowest BCUT2D eigenvalue weighted by Crippen LogP contribution is -2.31. The highest BCUT2D eigenvalue weighted by Crippen LogP contribution is 2.32. The van der Waals surface area contributed by atoms with Gasteiger partial charge in [-0.2, -0.15) is 0 Å². The molecule has 2 aromatic carbocycles. The van der Waals surface area contributed by atoms with Crippen LogP contribution in [-0.2, 0) is 12.8 Å². The lowest BCUT2D eigenvalue weighted by Gasteiger charge is -2.13. The molecule has 5 N–H and O–H groups in total. The van der Waals surface area contributed by atoms with E-state index in [-0.39, 0.29) is 5.91 Å². The van der Waals surface area contributed by atoms with Gasteiger partial charge < -0.3 is 21.0 Å². The van der Waals surface area contributed by atoms with Crippen LogP contribution in [0.4, 0.5) is 0 Å². The van der Waals surface area contributed by atoms with E-state index in [0.29, 0.717) is 6.54 Å². The van der Waals surface area contributed by atoms with Gasteiger partial charge in [-0.3, -0.25) is 4.79 Å². The van der Waals surface area contributed by atoms with Crippen molar-refractivity contribution in [3.63, 3.8) is 0 Å². The fourth-order valence-electron chi connectivity index (χ4n) is 5.04. The van der Waals surface area contributed by atoms with E-state index in [9.17, 15) is 4.79 Å². The van der Waals surface area contributed by atoms with Crippen molar-refractivity contribution in [1.29, 1.82) is 0 Å². The number of aromatic amines is 2. The van der Waals surface area contributed by atoms with Crippen LogP contribution in [0.5, 0.6) is 0 Å². The zero-order valence-corrected chi connectivity index (χ0v) is 20.0. The summed E-state index contributed by atoms with van der Waals surface area (Å²) >= 11 is 0. The molecule has 1 aliphatic heterocycles. The van der Waals surface area contributed by atoms with E-state index in [4.69, 9.17) is 5.73 Å². The van der Waals surface area contributed by atoms with Crippen LogP contribution in [0.1, 0.15) is 55.0 Å². The van der Waals surface area contributed by atoms with E-state index >= 15 is 0 Å². The second kappa shape index (κ2) is 8.47. The summed E-state index contributed by atoms with van der Waals surface area (Å²) in [6, 6.07) is 4.41. The average Bonchev–Trinajstić information content (AvgIpc) is 3.35. The Morgan fingerprint density at radius 1 is 0.875 bits per heavy atom. The predicted octanol–water partition coefficient (Wildman–Crippen LogP) is 4.97. The number of benzene rings is 2. The predicted molar refractivity (Wildman–Crippen MR) is 134 cm³/mol. The number of fused-ring (bicyclic) bond motifs is 4. The molecule has 0 saturated carbocycles. The Kier molecular flexibility index (Phi) is 5.87. The molecule has 0 unspecified atom stereocenters. The quantitative estimate of drug-likeness (QED) is 0.362. The first-order valence-electron chi connectivity index (χ1n) is 11.4. The second-order valence-corrected chi connectivity index (χ2v) is 9.11. The van der Waals surface area contributed by atoms with Crippen LogP contribution in [0.15, 0.2) is 18.3 Å². The van der Waals surface area contributed by atoms with Crippen molar-refractivity contribution in [2.45, 2.75) is 54.4 Å². The van der Waals surface area contributed by atoms with Crippen molar-refractivity contribution in [2.24, 2.45) is 5.73 Å². The molecule has 0 radical (unpaired) electrons. The molecule has 0 atom stereocenters. The van der Waals surface area contributed by atoms with Gasteiger partial charge in [-0.1, -0.05) is 12.1 Å². The van der Waals surface area contributed by atoms with Crippen molar-refractivity contribution in [1.82, 2.24) is 15.3 Å². The summed E-state index contributed by atoms with van der Waals surface area (Å²) < 4.78 is 0. The highest BCUT2D eigenvalue weighted by atomic mass is 16.1. The smallest absolute Gasteiger partial charge is 0.268 e. The van der Waals surface area contributed by atoms with Crippen LogP contribution < -0.4 is 11.1 Å². The molecule has 32 heavy (non-hydrogen) atoms. The van der Waals surface area contributed by atoms with Crippen LogP contribution >= 0.6 is 0 Å². The zero-order chi connectivity index (χ0) is 23.2. The Morgan fingerprint density at radius 2 is 1.50 bits per heavy atom. The molecule has 2 aromatic heterocycles. The maximum Gasteiger partial charge on any atom is 0.268 e. The van der Waals surface area contributed by atoms with Crippen molar-refractivity contribution >= 4 is 27.7 Å². The van der Waals surface area contributed by atoms with E-state index in [2.05, 4.69) is 75.2 Å². The SMILES string of the molecule is Cc1cc(C)c2[nH]c3c(c2c1C)CCNC3=O.Cc1cc(C)c2[nH]cc(CCN)c2c1C. The number of nitrogens with one attached hydrogen (secondary N) is 3. The number of hydrogen-bond acceptors (Lipinski definition) is 2. The number of carbonyl (C=O) groups excluding carboxylic acids is 1. The number of nitrogens with two attached hydrogens (primary N) is 1. The van der Waals surface area contributed by atoms with Gasteiger partial charge in [0.2, 0.25) is 0 Å². The first kappa shape index (κ1) is 22.2. The van der Waals surface area contributed by atoms with Gasteiger partial charge in [-0.05, 0) is 105 Å². The second-order valence-electron chi connectivity index (χ2n) is 9.11. The van der Waals surface area contributed by atoms with Crippen LogP contribution in [0, 0.1) is 41.5 Å². The van der Waals surface area contributed by atoms with Crippen molar-refractivity contribution in [3.05, 3.63) is 68.5 Å². The van der Waals surface area contributed by atoms with E-state index in [1.165, 1.54) is 60.8 Å². The molecule has 5 heteroatoms. The van der Waals surface area contributed by atoms with Gasteiger partial charge in [0.05, 0.1) is 0 Å². The molecule has 1 amide bonds. The summed E-state index contributed by atoms with van der Waals surface area (Å²) in [5.74, 6) is 0.0268. The minimum absolute atomic E-state index is 0.0268. The molecule has 3 heterocycles. The molecule has 0 bridgehead atoms. The Hall–Kier alpha value is -3.05. The number of amides is 1. The Morgan fingerprint density at radius 3 is 2.16 bits per heavy atom. The first-order valence-corrected chi connectivity index (χ1v) is 11.4. The minimum atomic E-state index is 0.0268. The zero-order valence-electron chi connectivity index (χ0n) is 20.0. The van der Waals surface area contributed by atoms with E-state index in [1.54, 1.807) is 0 Å². The minimum Gasteiger partial charge on any atom is -0.361 e. The molecule has 5 nitrogen and oxygen atoms in total. The van der Waals surface area contributed by atoms with Crippen LogP contribution in [0.3, 0.4) is 0 Å². The van der Waals surface area contributed by atoms with Gasteiger partial charge >= 0.3 is 0 Å². The third-order valence-electron chi connectivity index (χ3n) is 6.95. The first-order chi connectivity index (χ1) is 15.2. The molecule has 168 valence electrons. The van der Waals surface area contributed by atoms with Crippen molar-refractivity contribution < 1.29 is 4.79 Å². The molecular formula is C27H34N4O. The third-order valence-corrected chi connectivity index (χ3v) is 6.95. The maximum absolute atomic E-state index is 11.8. The highest BCUT2D eigenvalue weighted by molar-refractivity contribution is 6.04. The molecule has 4 aromatic rings. The molecule has 0 fully saturated rings. The largest absolute Gasteiger partial charge is 0.361 e. The fraction of sp³-hybridized carbons (Fsp3) is 0.370. The number of aryl methyl sites for hydroxylation is 6. The Balaban J connectivity index is 0.000000155. The fourth-order valence-corrected chi connectivity index (χ4v) is 5.04. The number of H-pyrrole nitrogens is 2. The molecular weight excluding hydrogens is 396 g/mol. The van der Waals surface area contributed by atoms with E-state index in [0.717, 1.165) is 30.6 Å². The summed E-state index contributed by atoms with van der Waals surface area (Å²) in [6.45, 7) is 14.3. The molecule has 1 aliphatic rings. The third kappa shape index (κ3) is 3.61. The number of hydrogen-bond donors (Lipinski definition) is 4. The van der Waals surface area contributed by atoms with Gasteiger partial charge in [0.1, 0.15) is 5.69 Å². The molecule has 0 spiro atoms. The molecule has 0 aliphatic carbocycles. The molecule has 5 rings (SSSR count). The van der Waals surface area contributed by atoms with Gasteiger partial charge in [-0.15, -0.1) is 0 Å². The van der Waals surface area contributed by atoms with E-state index in [1.807, 2.05) is 0 Å². The van der Waals surface area contributed by atoms with Crippen LogP contribution in [0.25, 0.3) is 21.8 Å². The summed E-state index contributed by atoms with van der Waals surface area (Å²) in [5, 5.41) is 5.51. The number of carbonyl (C=O) groups is 1. The Bertz CT molecular complexity index is 1340. The van der Waals surface area contributed by atoms with Crippen LogP contribution in [0.2, 0.25) is 0 Å². The molecule has 0 saturated heterocycles. The lowest BCUT2D eigenvalue weighted by molar-refractivity contribution is 0.0942. The van der Waals surface area contributed by atoms with Gasteiger partial charge in [0.15, 0.2) is 0 Å². The van der Waals surface area contributed by atoms with Gasteiger partial charge in [0.25, 0.3) is 5.91 Å². The summed E-state index contributed by atoms with van der Waals surface area (Å²) in [5.41, 5.74) is 19.1. The van der Waals surface area contributed by atoms with Crippen molar-refractivity contribution in [2.75, 3.05) is 13.1 Å². The lowest BCUT2D eigenvalue weighted by atomic mass is 9.96. The van der Waals surface area contributed by atoms with E-state index < -0.39 is 0 Å². The highest BCUT2D eigenvalue weighted by Gasteiger charge is 2.23. The van der Waals surface area contributed by atoms with Gasteiger partial charge in [-0.25, -0.2) is 0 Å². The van der Waals surface area contributed by atoms with Crippen molar-refractivity contribution in [3.8, 4) is 0 Å². The monoisotopic (exact) mass is 430 g/mol. The van der Waals surface area contributed by atoms with Gasteiger partial charge in [0, 0.05) is 34.5 Å². The maximum atomic E-state index is 11.8. The summed E-state index contributed by atoms with van der Waals surface area (Å²) in [4.78, 5) is 18.5. The summed E-state index contributed by atoms with van der Waals surface area (Å²) in [7, 11) is 0. The normalized spacial score (nSPS) is 13.2.